The van der Waals surface area contributed by atoms with Gasteiger partial charge in [-0.3, -0.25) is 4.68 Å². The minimum absolute atomic E-state index is 0.493. The van der Waals surface area contributed by atoms with E-state index in [0.29, 0.717) is 6.04 Å². The number of rotatable bonds is 5. The summed E-state index contributed by atoms with van der Waals surface area (Å²) in [5.74, 6) is 0. The van der Waals surface area contributed by atoms with Gasteiger partial charge in [-0.25, -0.2) is 0 Å². The van der Waals surface area contributed by atoms with Gasteiger partial charge >= 0.3 is 0 Å². The van der Waals surface area contributed by atoms with E-state index in [1.165, 1.54) is 12.1 Å². The highest BCUT2D eigenvalue weighted by Crippen LogP contribution is 2.02. The van der Waals surface area contributed by atoms with E-state index in [0.717, 1.165) is 18.8 Å². The van der Waals surface area contributed by atoms with Gasteiger partial charge in [0.2, 0.25) is 0 Å². The Labute approximate surface area is 86.5 Å². The SMILES string of the molecule is CCCNC(C)Cn1nc(C)cc1C. The van der Waals surface area contributed by atoms with Crippen LogP contribution in [0, 0.1) is 13.8 Å². The van der Waals surface area contributed by atoms with Crippen LogP contribution >= 0.6 is 0 Å². The predicted molar refractivity (Wildman–Crippen MR) is 59.5 cm³/mol. The summed E-state index contributed by atoms with van der Waals surface area (Å²) in [5.41, 5.74) is 2.35. The third kappa shape index (κ3) is 3.14. The number of aromatic nitrogens is 2. The van der Waals surface area contributed by atoms with Crippen molar-refractivity contribution >= 4 is 0 Å². The lowest BCUT2D eigenvalue weighted by atomic mass is 10.3. The monoisotopic (exact) mass is 195 g/mol. The number of hydrogen-bond acceptors (Lipinski definition) is 2. The second-order valence-electron chi connectivity index (χ2n) is 3.96. The summed E-state index contributed by atoms with van der Waals surface area (Å²) in [6.07, 6.45) is 1.18. The van der Waals surface area contributed by atoms with E-state index in [1.54, 1.807) is 0 Å². The first kappa shape index (κ1) is 11.2. The Hall–Kier alpha value is -0.830. The Bertz CT molecular complexity index is 278. The summed E-state index contributed by atoms with van der Waals surface area (Å²) in [7, 11) is 0. The van der Waals surface area contributed by atoms with Crippen molar-refractivity contribution in [3.05, 3.63) is 17.5 Å². The molecule has 0 saturated carbocycles. The van der Waals surface area contributed by atoms with Crippen molar-refractivity contribution in [3.8, 4) is 0 Å². The van der Waals surface area contributed by atoms with Crippen LogP contribution in [-0.2, 0) is 6.54 Å². The summed E-state index contributed by atoms with van der Waals surface area (Å²) in [6, 6.07) is 2.61. The van der Waals surface area contributed by atoms with Gasteiger partial charge in [-0.05, 0) is 39.8 Å². The first-order valence-corrected chi connectivity index (χ1v) is 5.38. The van der Waals surface area contributed by atoms with Crippen molar-refractivity contribution < 1.29 is 0 Å². The van der Waals surface area contributed by atoms with E-state index in [9.17, 15) is 0 Å². The molecule has 1 rings (SSSR count). The Morgan fingerprint density at radius 1 is 1.50 bits per heavy atom. The Morgan fingerprint density at radius 2 is 2.21 bits per heavy atom. The van der Waals surface area contributed by atoms with Gasteiger partial charge in [0.1, 0.15) is 0 Å². The van der Waals surface area contributed by atoms with Gasteiger partial charge < -0.3 is 5.32 Å². The minimum Gasteiger partial charge on any atom is -0.312 e. The number of nitrogens with zero attached hydrogens (tertiary/aromatic N) is 2. The minimum atomic E-state index is 0.493. The molecule has 3 nitrogen and oxygen atoms in total. The quantitative estimate of drug-likeness (QED) is 0.777. The van der Waals surface area contributed by atoms with Gasteiger partial charge in [-0.2, -0.15) is 5.10 Å². The molecule has 0 bridgehead atoms. The van der Waals surface area contributed by atoms with Crippen LogP contribution in [-0.4, -0.2) is 22.4 Å². The van der Waals surface area contributed by atoms with Crippen LogP contribution in [0.1, 0.15) is 31.7 Å². The molecule has 0 amide bonds. The van der Waals surface area contributed by atoms with E-state index in [1.807, 2.05) is 6.92 Å². The standard InChI is InChI=1S/C11H21N3/c1-5-6-12-10(3)8-14-11(4)7-9(2)13-14/h7,10,12H,5-6,8H2,1-4H3. The molecule has 0 spiro atoms. The fourth-order valence-corrected chi connectivity index (χ4v) is 1.57. The number of aryl methyl sites for hydroxylation is 2. The van der Waals surface area contributed by atoms with Crippen LogP contribution in [0.25, 0.3) is 0 Å². The second kappa shape index (κ2) is 5.15. The highest BCUT2D eigenvalue weighted by atomic mass is 15.3. The summed E-state index contributed by atoms with van der Waals surface area (Å²) in [4.78, 5) is 0. The molecule has 0 saturated heterocycles. The first-order valence-electron chi connectivity index (χ1n) is 5.38. The summed E-state index contributed by atoms with van der Waals surface area (Å²) in [5, 5.41) is 7.89. The molecule has 1 unspecified atom stereocenters. The van der Waals surface area contributed by atoms with E-state index in [2.05, 4.69) is 41.9 Å². The molecule has 1 aromatic rings. The zero-order valence-corrected chi connectivity index (χ0v) is 9.67. The molecule has 0 aromatic carbocycles. The highest BCUT2D eigenvalue weighted by Gasteiger charge is 2.05. The molecule has 14 heavy (non-hydrogen) atoms. The highest BCUT2D eigenvalue weighted by molar-refractivity contribution is 5.06. The van der Waals surface area contributed by atoms with Crippen molar-refractivity contribution in [3.63, 3.8) is 0 Å². The van der Waals surface area contributed by atoms with Crippen molar-refractivity contribution in [2.24, 2.45) is 0 Å². The predicted octanol–water partition coefficient (Wildman–Crippen LogP) is 1.89. The molecule has 0 radical (unpaired) electrons. The number of hydrogen-bond donors (Lipinski definition) is 1. The fraction of sp³-hybridized carbons (Fsp3) is 0.727. The van der Waals surface area contributed by atoms with Crippen molar-refractivity contribution in [2.75, 3.05) is 6.54 Å². The van der Waals surface area contributed by atoms with Gasteiger partial charge in [0.05, 0.1) is 12.2 Å². The van der Waals surface area contributed by atoms with Gasteiger partial charge in [0.15, 0.2) is 0 Å². The summed E-state index contributed by atoms with van der Waals surface area (Å²) < 4.78 is 2.07. The van der Waals surface area contributed by atoms with E-state index >= 15 is 0 Å². The lowest BCUT2D eigenvalue weighted by Gasteiger charge is -2.14. The lowest BCUT2D eigenvalue weighted by Crippen LogP contribution is -2.31. The van der Waals surface area contributed by atoms with Crippen LogP contribution < -0.4 is 5.32 Å². The van der Waals surface area contributed by atoms with Gasteiger partial charge in [0, 0.05) is 11.7 Å². The molecule has 80 valence electrons. The maximum Gasteiger partial charge on any atom is 0.0596 e. The van der Waals surface area contributed by atoms with Crippen molar-refractivity contribution in [1.29, 1.82) is 0 Å². The van der Waals surface area contributed by atoms with Crippen LogP contribution in [0.15, 0.2) is 6.07 Å². The second-order valence-corrected chi connectivity index (χ2v) is 3.96. The van der Waals surface area contributed by atoms with Crippen LogP contribution in [0.5, 0.6) is 0 Å². The summed E-state index contributed by atoms with van der Waals surface area (Å²) in [6.45, 7) is 10.6. The third-order valence-corrected chi connectivity index (χ3v) is 2.29. The molecule has 0 aliphatic heterocycles. The maximum atomic E-state index is 4.43. The molecular formula is C11H21N3. The normalized spacial score (nSPS) is 13.1. The van der Waals surface area contributed by atoms with Crippen LogP contribution in [0.3, 0.4) is 0 Å². The van der Waals surface area contributed by atoms with E-state index in [4.69, 9.17) is 0 Å². The molecule has 3 heteroatoms. The molecular weight excluding hydrogens is 174 g/mol. The number of nitrogens with one attached hydrogen (secondary N) is 1. The Balaban J connectivity index is 2.47. The molecule has 1 heterocycles. The Kier molecular flexibility index (Phi) is 4.14. The molecule has 1 aromatic heterocycles. The molecule has 0 aliphatic rings. The molecule has 0 aliphatic carbocycles. The zero-order valence-electron chi connectivity index (χ0n) is 9.67. The zero-order chi connectivity index (χ0) is 10.6. The molecule has 1 N–H and O–H groups in total. The van der Waals surface area contributed by atoms with E-state index < -0.39 is 0 Å². The first-order chi connectivity index (χ1) is 6.63. The lowest BCUT2D eigenvalue weighted by molar-refractivity contribution is 0.445. The van der Waals surface area contributed by atoms with Gasteiger partial charge in [-0.1, -0.05) is 6.92 Å². The van der Waals surface area contributed by atoms with Crippen LogP contribution in [0.2, 0.25) is 0 Å². The molecule has 0 fully saturated rings. The smallest absolute Gasteiger partial charge is 0.0596 e. The maximum absolute atomic E-state index is 4.43. The van der Waals surface area contributed by atoms with Crippen molar-refractivity contribution in [2.45, 2.75) is 46.7 Å². The topological polar surface area (TPSA) is 29.9 Å². The summed E-state index contributed by atoms with van der Waals surface area (Å²) >= 11 is 0. The van der Waals surface area contributed by atoms with E-state index in [-0.39, 0.29) is 0 Å². The van der Waals surface area contributed by atoms with Crippen LogP contribution in [0.4, 0.5) is 0 Å². The third-order valence-electron chi connectivity index (χ3n) is 2.29. The fourth-order valence-electron chi connectivity index (χ4n) is 1.57. The molecule has 1 atom stereocenters. The van der Waals surface area contributed by atoms with Crippen molar-refractivity contribution in [1.82, 2.24) is 15.1 Å². The van der Waals surface area contributed by atoms with Gasteiger partial charge in [0.25, 0.3) is 0 Å². The largest absolute Gasteiger partial charge is 0.312 e. The average Bonchev–Trinajstić information content (AvgIpc) is 2.42. The van der Waals surface area contributed by atoms with Gasteiger partial charge in [-0.15, -0.1) is 0 Å². The average molecular weight is 195 g/mol. The Morgan fingerprint density at radius 3 is 2.71 bits per heavy atom.